The lowest BCUT2D eigenvalue weighted by Gasteiger charge is -2.48. The van der Waals surface area contributed by atoms with E-state index in [2.05, 4.69) is 6.92 Å². The second kappa shape index (κ2) is 7.38. The monoisotopic (exact) mass is 372 g/mol. The topological polar surface area (TPSA) is 63.2 Å². The fourth-order valence-electron chi connectivity index (χ4n) is 3.53. The first-order valence-electron chi connectivity index (χ1n) is 9.56. The Hall–Kier alpha value is -0.690. The van der Waals surface area contributed by atoms with Crippen LogP contribution < -0.4 is 0 Å². The molecular weight excluding hydrogens is 336 g/mol. The standard InChI is InChI=1S/C20H36O6/c1-12(10-22-17(21)18(3,4)5)15-13(2)16(26-20(8,9)25-15)14-11-23-19(6,7)24-14/h12-16H,10-11H2,1-9H3/t12-,13+,14-,15-,16+/m1/s1. The molecule has 0 unspecified atom stereocenters. The molecular formula is C20H36O6. The summed E-state index contributed by atoms with van der Waals surface area (Å²) in [6.45, 7) is 18.2. The molecule has 0 aromatic carbocycles. The Bertz CT molecular complexity index is 507. The summed E-state index contributed by atoms with van der Waals surface area (Å²) in [5.74, 6) is -1.42. The van der Waals surface area contributed by atoms with Crippen molar-refractivity contribution < 1.29 is 28.5 Å². The van der Waals surface area contributed by atoms with Crippen molar-refractivity contribution in [2.24, 2.45) is 17.3 Å². The van der Waals surface area contributed by atoms with Gasteiger partial charge in [0.05, 0.1) is 30.8 Å². The molecule has 2 aliphatic rings. The van der Waals surface area contributed by atoms with Crippen molar-refractivity contribution >= 4 is 5.97 Å². The second-order valence-corrected chi connectivity index (χ2v) is 9.62. The van der Waals surface area contributed by atoms with Crippen LogP contribution in [-0.2, 0) is 28.5 Å². The summed E-state index contributed by atoms with van der Waals surface area (Å²) in [6, 6.07) is 0. The van der Waals surface area contributed by atoms with E-state index in [-0.39, 0.29) is 36.1 Å². The lowest BCUT2D eigenvalue weighted by Crippen LogP contribution is -2.57. The number of rotatable bonds is 4. The first kappa shape index (κ1) is 21.6. The Morgan fingerprint density at radius 3 is 2.23 bits per heavy atom. The molecule has 6 nitrogen and oxygen atoms in total. The van der Waals surface area contributed by atoms with Crippen molar-refractivity contribution in [1.29, 1.82) is 0 Å². The van der Waals surface area contributed by atoms with Crippen LogP contribution in [0.3, 0.4) is 0 Å². The van der Waals surface area contributed by atoms with Gasteiger partial charge < -0.3 is 23.7 Å². The Labute approximate surface area is 157 Å². The fraction of sp³-hybridized carbons (Fsp3) is 0.950. The molecule has 0 spiro atoms. The maximum absolute atomic E-state index is 12.1. The summed E-state index contributed by atoms with van der Waals surface area (Å²) < 4.78 is 29.7. The number of carbonyl (C=O) groups excluding carboxylic acids is 1. The Kier molecular flexibility index (Phi) is 6.13. The quantitative estimate of drug-likeness (QED) is 0.704. The molecule has 0 aromatic heterocycles. The van der Waals surface area contributed by atoms with E-state index in [4.69, 9.17) is 23.7 Å². The zero-order valence-corrected chi connectivity index (χ0v) is 17.8. The van der Waals surface area contributed by atoms with Gasteiger partial charge in [-0.1, -0.05) is 13.8 Å². The largest absolute Gasteiger partial charge is 0.465 e. The second-order valence-electron chi connectivity index (χ2n) is 9.62. The number of hydrogen-bond donors (Lipinski definition) is 0. The molecule has 0 aromatic rings. The van der Waals surface area contributed by atoms with E-state index >= 15 is 0 Å². The maximum atomic E-state index is 12.1. The Morgan fingerprint density at radius 2 is 1.73 bits per heavy atom. The average Bonchev–Trinajstić information content (AvgIpc) is 2.85. The van der Waals surface area contributed by atoms with Gasteiger partial charge in [0.15, 0.2) is 11.6 Å². The summed E-state index contributed by atoms with van der Waals surface area (Å²) in [5, 5.41) is 0. The number of esters is 1. The summed E-state index contributed by atoms with van der Waals surface area (Å²) in [7, 11) is 0. The van der Waals surface area contributed by atoms with Crippen molar-refractivity contribution in [3.8, 4) is 0 Å². The minimum atomic E-state index is -0.736. The molecule has 2 rings (SSSR count). The summed E-state index contributed by atoms with van der Waals surface area (Å²) in [6.07, 6.45) is -0.398. The lowest BCUT2D eigenvalue weighted by molar-refractivity contribution is -0.342. The van der Waals surface area contributed by atoms with Crippen LogP contribution in [0.1, 0.15) is 62.3 Å². The third-order valence-corrected chi connectivity index (χ3v) is 4.92. The molecule has 2 aliphatic heterocycles. The van der Waals surface area contributed by atoms with Gasteiger partial charge in [0.25, 0.3) is 0 Å². The predicted octanol–water partition coefficient (Wildman–Crippen LogP) is 3.52. The molecule has 0 bridgehead atoms. The van der Waals surface area contributed by atoms with Crippen molar-refractivity contribution in [3.63, 3.8) is 0 Å². The SMILES string of the molecule is C[C@H]1[C@@H]([C@H](C)COC(=O)C(C)(C)C)OC(C)(C)O[C@@H]1[C@H]1COC(C)(C)O1. The smallest absolute Gasteiger partial charge is 0.311 e. The minimum Gasteiger partial charge on any atom is -0.465 e. The predicted molar refractivity (Wildman–Crippen MR) is 97.5 cm³/mol. The van der Waals surface area contributed by atoms with E-state index in [1.807, 2.05) is 55.4 Å². The van der Waals surface area contributed by atoms with E-state index in [0.717, 1.165) is 0 Å². The van der Waals surface area contributed by atoms with Gasteiger partial charge in [-0.3, -0.25) is 4.79 Å². The van der Waals surface area contributed by atoms with Crippen LogP contribution in [0, 0.1) is 17.3 Å². The van der Waals surface area contributed by atoms with Crippen LogP contribution in [0.5, 0.6) is 0 Å². The maximum Gasteiger partial charge on any atom is 0.311 e. The summed E-state index contributed by atoms with van der Waals surface area (Å²) in [4.78, 5) is 12.1. The lowest BCUT2D eigenvalue weighted by atomic mass is 9.85. The highest BCUT2D eigenvalue weighted by molar-refractivity contribution is 5.75. The molecule has 2 heterocycles. The Balaban J connectivity index is 2.06. The van der Waals surface area contributed by atoms with Gasteiger partial charge in [0, 0.05) is 11.8 Å². The molecule has 0 N–H and O–H groups in total. The first-order valence-corrected chi connectivity index (χ1v) is 9.56. The van der Waals surface area contributed by atoms with E-state index in [1.54, 1.807) is 0 Å². The Morgan fingerprint density at radius 1 is 1.12 bits per heavy atom. The molecule has 26 heavy (non-hydrogen) atoms. The molecule has 5 atom stereocenters. The van der Waals surface area contributed by atoms with Crippen LogP contribution in [0.25, 0.3) is 0 Å². The van der Waals surface area contributed by atoms with Crippen LogP contribution in [0.15, 0.2) is 0 Å². The molecule has 0 amide bonds. The zero-order chi connectivity index (χ0) is 19.9. The van der Waals surface area contributed by atoms with Gasteiger partial charge in [-0.15, -0.1) is 0 Å². The van der Waals surface area contributed by atoms with Gasteiger partial charge in [-0.25, -0.2) is 0 Å². The normalized spacial score (nSPS) is 35.1. The van der Waals surface area contributed by atoms with Gasteiger partial charge in [0.1, 0.15) is 6.10 Å². The number of ether oxygens (including phenoxy) is 5. The van der Waals surface area contributed by atoms with Crippen LogP contribution in [0.4, 0.5) is 0 Å². The molecule has 2 fully saturated rings. The minimum absolute atomic E-state index is 0.0392. The van der Waals surface area contributed by atoms with Gasteiger partial charge in [-0.2, -0.15) is 0 Å². The third kappa shape index (κ3) is 5.18. The van der Waals surface area contributed by atoms with Crippen molar-refractivity contribution in [1.82, 2.24) is 0 Å². The summed E-state index contributed by atoms with van der Waals surface area (Å²) >= 11 is 0. The highest BCUT2D eigenvalue weighted by Crippen LogP contribution is 2.39. The van der Waals surface area contributed by atoms with Crippen molar-refractivity contribution in [3.05, 3.63) is 0 Å². The summed E-state index contributed by atoms with van der Waals surface area (Å²) in [5.41, 5.74) is -0.510. The first-order chi connectivity index (χ1) is 11.7. The molecule has 0 saturated carbocycles. The van der Waals surface area contributed by atoms with E-state index in [1.165, 1.54) is 0 Å². The van der Waals surface area contributed by atoms with E-state index in [9.17, 15) is 4.79 Å². The van der Waals surface area contributed by atoms with Gasteiger partial charge in [-0.05, 0) is 48.5 Å². The average molecular weight is 373 g/mol. The number of hydrogen-bond acceptors (Lipinski definition) is 6. The van der Waals surface area contributed by atoms with Crippen LogP contribution in [-0.4, -0.2) is 49.1 Å². The highest BCUT2D eigenvalue weighted by Gasteiger charge is 2.49. The van der Waals surface area contributed by atoms with E-state index in [0.29, 0.717) is 13.2 Å². The van der Waals surface area contributed by atoms with E-state index < -0.39 is 17.0 Å². The van der Waals surface area contributed by atoms with Gasteiger partial charge >= 0.3 is 5.97 Å². The number of carbonyl (C=O) groups is 1. The molecule has 0 radical (unpaired) electrons. The molecule has 0 aliphatic carbocycles. The highest BCUT2D eigenvalue weighted by atomic mass is 16.8. The zero-order valence-electron chi connectivity index (χ0n) is 17.8. The third-order valence-electron chi connectivity index (χ3n) is 4.92. The molecule has 152 valence electrons. The van der Waals surface area contributed by atoms with Crippen molar-refractivity contribution in [2.75, 3.05) is 13.2 Å². The van der Waals surface area contributed by atoms with Gasteiger partial charge in [0.2, 0.25) is 0 Å². The molecule has 6 heteroatoms. The van der Waals surface area contributed by atoms with Crippen LogP contribution >= 0.6 is 0 Å². The fourth-order valence-corrected chi connectivity index (χ4v) is 3.53. The van der Waals surface area contributed by atoms with Crippen molar-refractivity contribution in [2.45, 2.75) is 92.2 Å². The van der Waals surface area contributed by atoms with Crippen LogP contribution in [0.2, 0.25) is 0 Å². The molecule has 2 saturated heterocycles.